The molecule has 3 N–H and O–H groups in total. The van der Waals surface area contributed by atoms with E-state index in [0.29, 0.717) is 123 Å². The highest BCUT2D eigenvalue weighted by molar-refractivity contribution is 9.10. The van der Waals surface area contributed by atoms with Crippen LogP contribution >= 0.6 is 31.9 Å². The smallest absolute Gasteiger partial charge is 0.269 e. The van der Waals surface area contributed by atoms with Crippen LogP contribution in [0.2, 0.25) is 0 Å². The van der Waals surface area contributed by atoms with Crippen molar-refractivity contribution in [2.45, 2.75) is 79.2 Å². The SMILES string of the molecule is C.C.CCC(/C=C1\Oc2ccc(-c3ccccc3)cc2N1Cc1ccccc1)=C\c1oc2ccc(-c3ccccc3)cc2c1CS(=O)(=O)O.CCC(=C/c1oc2ccc(-c3ccc(Br)cc3)cc2c1CS(=O)(=O)O)/C=C1/Oc2ccc(-c3ccc(Br)cc3)cc2N1CC.CCN1C(=Cc2oc3ccc(-c4ccccc4)cc3c2CS(=O)(=O)O)Oc2ccc(-c3ccccc3)cc21. The lowest BCUT2D eigenvalue weighted by Gasteiger charge is -2.19. The molecule has 3 aliphatic rings. The second-order valence-electron chi connectivity index (χ2n) is 31.1. The summed E-state index contributed by atoms with van der Waals surface area (Å²) in [6.07, 6.45) is 10.6. The van der Waals surface area contributed by atoms with Crippen molar-refractivity contribution < 1.29 is 66.4 Å². The Kier molecular flexibility index (Phi) is 28.2. The number of ether oxygens (including phenoxy) is 3. The zero-order valence-corrected chi connectivity index (χ0v) is 76.2. The highest BCUT2D eigenvalue weighted by Crippen LogP contribution is 2.48. The predicted octanol–water partition coefficient (Wildman–Crippen LogP) is 28.8. The molecule has 3 aromatic heterocycles. The maximum Gasteiger partial charge on any atom is 0.269 e. The molecule has 664 valence electrons. The van der Waals surface area contributed by atoms with Gasteiger partial charge in [0.25, 0.3) is 30.4 Å². The first-order chi connectivity index (χ1) is 62.3. The van der Waals surface area contributed by atoms with Crippen molar-refractivity contribution in [3.8, 4) is 84.0 Å². The Morgan fingerprint density at radius 3 is 0.931 bits per heavy atom. The number of hydrogen-bond donors (Lipinski definition) is 3. The van der Waals surface area contributed by atoms with Gasteiger partial charge in [0.05, 0.1) is 23.6 Å². The largest absolute Gasteiger partial charge is 0.456 e. The normalized spacial score (nSPS) is 14.0. The summed E-state index contributed by atoms with van der Waals surface area (Å²) in [5.74, 6) is 3.47. The van der Waals surface area contributed by atoms with Crippen molar-refractivity contribution in [2.75, 3.05) is 27.8 Å². The molecule has 16 aromatic rings. The van der Waals surface area contributed by atoms with Gasteiger partial charge in [-0.25, -0.2) is 0 Å². The number of fused-ring (bicyclic) bond motifs is 6. The Bertz CT molecular complexity index is 7430. The van der Waals surface area contributed by atoms with Crippen LogP contribution in [0.15, 0.2) is 373 Å². The molecule has 0 fully saturated rings. The van der Waals surface area contributed by atoms with E-state index in [-0.39, 0.29) is 14.9 Å². The Hall–Kier alpha value is -13.3. The van der Waals surface area contributed by atoms with E-state index in [9.17, 15) is 38.9 Å². The van der Waals surface area contributed by atoms with Crippen LogP contribution in [0.5, 0.6) is 17.2 Å². The molecule has 131 heavy (non-hydrogen) atoms. The lowest BCUT2D eigenvalue weighted by atomic mass is 10.0. The minimum absolute atomic E-state index is 0. The van der Waals surface area contributed by atoms with E-state index < -0.39 is 47.6 Å². The standard InChI is InChI=1S/C40H33NO5S.C35H29Br2NO5S.C31H25NO5S.2CH4/c1-2-28(22-39-35(27-47(42,43)44)34-24-32(18-20-37(34)45-39)30-14-8-4-9-15-30)23-40-41(26-29-12-6-3-7-13-29)36-25-33(19-21-38(36)46-40)31-16-10-5-11-17-31;1-3-22(18-35-38(4-2)31-20-26(10-16-33(31)43-35)24-7-13-28(37)14-8-24)17-34-30(21-44(39,40)41)29-19-25(9-15-32(29)42-34)23-5-11-27(36)12-6-23;1-2-32-27-18-24(22-11-7-4-8-12-22)14-16-29(27)37-31(32)19-30-26(20-38(33,34)35)25-17-23(13-15-28(25)36-30)21-9-5-3-6-10-21;;/h3-25H,2,26-27H2,1H3,(H,42,43,44);5-20H,3-4,21H2,1-2H3,(H,39,40,41);3-19H,2,20H2,1H3,(H,33,34,35);2*1H4/b28-22+,40-23-;22-17-,35-18+;;;. The van der Waals surface area contributed by atoms with Gasteiger partial charge in [-0.3, -0.25) is 13.7 Å². The summed E-state index contributed by atoms with van der Waals surface area (Å²) in [5.41, 5.74) is 20.8. The third kappa shape index (κ3) is 21.4. The molecular weight excluding hydrogens is 1840 g/mol. The van der Waals surface area contributed by atoms with E-state index in [1.165, 1.54) is 0 Å². The van der Waals surface area contributed by atoms with Crippen LogP contribution in [-0.4, -0.2) is 52.0 Å². The summed E-state index contributed by atoms with van der Waals surface area (Å²) in [6, 6.07) is 102. The van der Waals surface area contributed by atoms with Crippen LogP contribution in [0.3, 0.4) is 0 Å². The Balaban J connectivity index is 0.000000150. The van der Waals surface area contributed by atoms with Crippen LogP contribution in [0.4, 0.5) is 17.1 Å². The molecule has 3 aliphatic heterocycles. The molecule has 0 unspecified atom stereocenters. The molecule has 19 rings (SSSR count). The minimum Gasteiger partial charge on any atom is -0.456 e. The van der Waals surface area contributed by atoms with Crippen molar-refractivity contribution in [2.24, 2.45) is 0 Å². The van der Waals surface area contributed by atoms with Crippen LogP contribution in [0.25, 0.3) is 118 Å². The Morgan fingerprint density at radius 1 is 0.321 bits per heavy atom. The van der Waals surface area contributed by atoms with Crippen LogP contribution < -0.4 is 28.9 Å². The zero-order valence-electron chi connectivity index (χ0n) is 70.6. The van der Waals surface area contributed by atoms with Gasteiger partial charge in [-0.05, 0) is 219 Å². The fourth-order valence-electron chi connectivity index (χ4n) is 16.2. The van der Waals surface area contributed by atoms with Gasteiger partial charge in [0, 0.05) is 73.1 Å². The Labute approximate surface area is 780 Å². The highest BCUT2D eigenvalue weighted by Gasteiger charge is 2.32. The van der Waals surface area contributed by atoms with Crippen LogP contribution in [0.1, 0.15) is 94.9 Å². The number of furan rings is 3. The average Bonchev–Trinajstić information content (AvgIpc) is 1.65. The molecule has 0 radical (unpaired) electrons. The minimum atomic E-state index is -4.35. The second kappa shape index (κ2) is 40.0. The van der Waals surface area contributed by atoms with Gasteiger partial charge in [0.2, 0.25) is 17.6 Å². The van der Waals surface area contributed by atoms with E-state index in [0.717, 1.165) is 121 Å². The number of allylic oxidation sites excluding steroid dienone is 4. The molecule has 0 bridgehead atoms. The van der Waals surface area contributed by atoms with Gasteiger partial charge in [0.1, 0.15) is 51.3 Å². The summed E-state index contributed by atoms with van der Waals surface area (Å²) in [7, 11) is -13.0. The van der Waals surface area contributed by atoms with Gasteiger partial charge in [-0.1, -0.05) is 273 Å². The fourth-order valence-corrected chi connectivity index (χ4v) is 18.7. The van der Waals surface area contributed by atoms with E-state index in [4.69, 9.17) is 27.5 Å². The molecule has 0 atom stereocenters. The highest BCUT2D eigenvalue weighted by atomic mass is 79.9. The topological polar surface area (TPSA) is 240 Å². The average molecular weight is 1930 g/mol. The molecule has 0 amide bonds. The second-order valence-corrected chi connectivity index (χ2v) is 37.3. The Morgan fingerprint density at radius 2 is 0.595 bits per heavy atom. The molecule has 13 aromatic carbocycles. The van der Waals surface area contributed by atoms with Crippen molar-refractivity contribution in [1.29, 1.82) is 0 Å². The lowest BCUT2D eigenvalue weighted by Crippen LogP contribution is -2.19. The summed E-state index contributed by atoms with van der Waals surface area (Å²) < 4.78 is 142. The molecule has 0 spiro atoms. The third-order valence-electron chi connectivity index (χ3n) is 22.6. The predicted molar refractivity (Wildman–Crippen MR) is 536 cm³/mol. The molecule has 0 saturated carbocycles. The van der Waals surface area contributed by atoms with Crippen molar-refractivity contribution in [3.63, 3.8) is 0 Å². The third-order valence-corrected chi connectivity index (χ3v) is 25.6. The van der Waals surface area contributed by atoms with Crippen LogP contribution in [0, 0.1) is 0 Å². The number of nitrogens with zero attached hydrogens (tertiary/aromatic N) is 3. The summed E-state index contributed by atoms with van der Waals surface area (Å²) in [5, 5.41) is 1.90. The summed E-state index contributed by atoms with van der Waals surface area (Å²) in [4.78, 5) is 6.29. The molecule has 6 heterocycles. The molecule has 0 saturated heterocycles. The van der Waals surface area contributed by atoms with Gasteiger partial charge >= 0.3 is 0 Å². The molecular formula is C108H95Br2N3O15S3. The monoisotopic (exact) mass is 1930 g/mol. The summed E-state index contributed by atoms with van der Waals surface area (Å²) in [6.45, 7) is 10.0. The quantitative estimate of drug-likeness (QED) is 0.0504. The van der Waals surface area contributed by atoms with E-state index in [1.54, 1.807) is 6.08 Å². The van der Waals surface area contributed by atoms with E-state index >= 15 is 0 Å². The molecule has 23 heteroatoms. The maximum atomic E-state index is 12.2. The lowest BCUT2D eigenvalue weighted by molar-refractivity contribution is 0.437. The van der Waals surface area contributed by atoms with Crippen molar-refractivity contribution in [3.05, 3.63) is 399 Å². The van der Waals surface area contributed by atoms with Gasteiger partial charge in [-0.2, -0.15) is 25.3 Å². The first kappa shape index (κ1) is 92.4. The van der Waals surface area contributed by atoms with Gasteiger partial charge in [-0.15, -0.1) is 0 Å². The van der Waals surface area contributed by atoms with Crippen LogP contribution in [-0.2, 0) is 54.2 Å². The summed E-state index contributed by atoms with van der Waals surface area (Å²) >= 11 is 6.97. The van der Waals surface area contributed by atoms with E-state index in [2.05, 4.69) is 121 Å². The number of anilines is 3. The zero-order chi connectivity index (χ0) is 89.7. The maximum absolute atomic E-state index is 12.2. The number of benzene rings is 13. The van der Waals surface area contributed by atoms with Crippen molar-refractivity contribution >= 4 is 130 Å². The van der Waals surface area contributed by atoms with Gasteiger partial charge < -0.3 is 42.2 Å². The number of rotatable bonds is 23. The van der Waals surface area contributed by atoms with E-state index in [1.807, 2.05) is 287 Å². The fraction of sp³-hybridized carbons (Fsp3) is 0.130. The van der Waals surface area contributed by atoms with Gasteiger partial charge in [0.15, 0.2) is 17.2 Å². The number of hydrogen-bond acceptors (Lipinski definition) is 15. The first-order valence-electron chi connectivity index (χ1n) is 42.0. The molecule has 0 aliphatic carbocycles. The molecule has 18 nitrogen and oxygen atoms in total. The first-order valence-corrected chi connectivity index (χ1v) is 48.4. The number of halogens is 2. The van der Waals surface area contributed by atoms with Crippen molar-refractivity contribution in [1.82, 2.24) is 0 Å².